The van der Waals surface area contributed by atoms with Gasteiger partial charge in [-0.05, 0) is 40.3 Å². The fourth-order valence-electron chi connectivity index (χ4n) is 3.80. The molecule has 6 nitrogen and oxygen atoms in total. The van der Waals surface area contributed by atoms with Crippen LogP contribution in [-0.4, -0.2) is 53.4 Å². The van der Waals surface area contributed by atoms with Crippen LogP contribution in [0.5, 0.6) is 0 Å². The maximum atomic E-state index is 13.5. The molecule has 4 rings (SSSR count). The van der Waals surface area contributed by atoms with Gasteiger partial charge in [-0.3, -0.25) is 0 Å². The summed E-state index contributed by atoms with van der Waals surface area (Å²) in [6, 6.07) is 17.0. The van der Waals surface area contributed by atoms with Crippen LogP contribution in [0.15, 0.2) is 54.6 Å². The first-order valence-electron chi connectivity index (χ1n) is 9.42. The molecule has 1 saturated heterocycles. The third-order valence-corrected chi connectivity index (χ3v) is 5.35. The van der Waals surface area contributed by atoms with Gasteiger partial charge in [-0.25, -0.2) is 9.07 Å². The third kappa shape index (κ3) is 4.04. The summed E-state index contributed by atoms with van der Waals surface area (Å²) in [4.78, 5) is 2.97. The summed E-state index contributed by atoms with van der Waals surface area (Å²) >= 11 is 0. The van der Waals surface area contributed by atoms with Crippen molar-refractivity contribution in [2.45, 2.75) is 12.6 Å². The summed E-state index contributed by atoms with van der Waals surface area (Å²) < 4.78 is 15.4. The van der Waals surface area contributed by atoms with Gasteiger partial charge < -0.3 is 9.80 Å². The van der Waals surface area contributed by atoms with Crippen molar-refractivity contribution in [1.82, 2.24) is 20.2 Å². The number of halogens is 1. The number of benzene rings is 2. The lowest BCUT2D eigenvalue weighted by Crippen LogP contribution is -3.27. The van der Waals surface area contributed by atoms with Crippen molar-refractivity contribution >= 4 is 0 Å². The molecule has 0 bridgehead atoms. The zero-order valence-electron chi connectivity index (χ0n) is 15.5. The maximum absolute atomic E-state index is 13.5. The Kier molecular flexibility index (Phi) is 5.22. The van der Waals surface area contributed by atoms with Crippen LogP contribution in [0, 0.1) is 5.82 Å². The Labute approximate surface area is 158 Å². The summed E-state index contributed by atoms with van der Waals surface area (Å²) in [5.74, 6) is 0.610. The van der Waals surface area contributed by atoms with E-state index < -0.39 is 0 Å². The van der Waals surface area contributed by atoms with Crippen LogP contribution in [0.25, 0.3) is 0 Å². The lowest BCUT2D eigenvalue weighted by atomic mass is 10.0. The number of piperazine rings is 1. The molecule has 0 aliphatic carbocycles. The van der Waals surface area contributed by atoms with Gasteiger partial charge in [0.05, 0.1) is 13.6 Å². The molecule has 27 heavy (non-hydrogen) atoms. The van der Waals surface area contributed by atoms with Crippen molar-refractivity contribution in [2.24, 2.45) is 0 Å². The average molecular weight is 368 g/mol. The summed E-state index contributed by atoms with van der Waals surface area (Å²) in [7, 11) is 2.23. The van der Waals surface area contributed by atoms with Crippen molar-refractivity contribution in [3.63, 3.8) is 0 Å². The smallest absolute Gasteiger partial charge is 0.214 e. The van der Waals surface area contributed by atoms with Gasteiger partial charge in [0.25, 0.3) is 0 Å². The second-order valence-corrected chi connectivity index (χ2v) is 7.28. The molecule has 3 aromatic rings. The molecule has 0 saturated carbocycles. The summed E-state index contributed by atoms with van der Waals surface area (Å²) in [6.45, 7) is 4.90. The Morgan fingerprint density at radius 2 is 1.70 bits per heavy atom. The quantitative estimate of drug-likeness (QED) is 0.630. The van der Waals surface area contributed by atoms with Gasteiger partial charge in [0, 0.05) is 5.56 Å². The highest BCUT2D eigenvalue weighted by molar-refractivity contribution is 5.23. The Morgan fingerprint density at radius 3 is 2.41 bits per heavy atom. The van der Waals surface area contributed by atoms with Crippen LogP contribution in [-0.2, 0) is 6.54 Å². The third-order valence-electron chi connectivity index (χ3n) is 5.35. The molecule has 140 valence electrons. The summed E-state index contributed by atoms with van der Waals surface area (Å²) in [5, 5.41) is 12.6. The topological polar surface area (TPSA) is 52.5 Å². The molecule has 0 amide bonds. The Hall–Kier alpha value is -2.64. The number of quaternary nitrogens is 2. The van der Waals surface area contributed by atoms with E-state index in [0.29, 0.717) is 6.54 Å². The van der Waals surface area contributed by atoms with E-state index in [1.54, 1.807) is 4.90 Å². The van der Waals surface area contributed by atoms with Gasteiger partial charge in [0.2, 0.25) is 5.82 Å². The molecule has 0 spiro atoms. The lowest BCUT2D eigenvalue weighted by Gasteiger charge is -2.32. The van der Waals surface area contributed by atoms with Crippen molar-refractivity contribution in [3.8, 4) is 0 Å². The van der Waals surface area contributed by atoms with Crippen LogP contribution in [0.2, 0.25) is 0 Å². The highest BCUT2D eigenvalue weighted by atomic mass is 19.1. The number of tetrazole rings is 1. The minimum absolute atomic E-state index is 0.00240. The Balaban J connectivity index is 1.69. The van der Waals surface area contributed by atoms with E-state index in [2.05, 4.69) is 34.7 Å². The minimum Gasteiger partial charge on any atom is -0.328 e. The zero-order chi connectivity index (χ0) is 18.6. The van der Waals surface area contributed by atoms with Crippen LogP contribution in [0.4, 0.5) is 4.39 Å². The molecular formula is C20H25FN6+2. The number of likely N-dealkylation sites (N-methyl/N-ethyl adjacent to an activating group) is 1. The van der Waals surface area contributed by atoms with E-state index in [-0.39, 0.29) is 11.9 Å². The lowest BCUT2D eigenvalue weighted by molar-refractivity contribution is -1.02. The monoisotopic (exact) mass is 368 g/mol. The fraction of sp³-hybridized carbons (Fsp3) is 0.350. The normalized spacial score (nSPS) is 21.1. The number of hydrogen-bond acceptors (Lipinski definition) is 3. The standard InChI is InChI=1S/C20H23FN6/c1-25-11-13-26(14-12-25)19(17-7-9-18(21)10-8-17)20-22-23-24-27(20)15-16-5-3-2-4-6-16/h2-10,19H,11-15H2,1H3/p+2/t19-/m1/s1. The van der Waals surface area contributed by atoms with Gasteiger partial charge in [0.1, 0.15) is 32.0 Å². The van der Waals surface area contributed by atoms with Crippen molar-refractivity contribution < 1.29 is 14.2 Å². The van der Waals surface area contributed by atoms with Crippen molar-refractivity contribution in [3.05, 3.63) is 77.4 Å². The molecule has 1 aliphatic rings. The molecule has 0 radical (unpaired) electrons. The predicted octanol–water partition coefficient (Wildman–Crippen LogP) is -0.637. The SMILES string of the molecule is C[NH+]1CC[NH+]([C@H](c2ccc(F)cc2)c2nnnn2Cc2ccccc2)CC1. The van der Waals surface area contributed by atoms with Gasteiger partial charge in [-0.2, -0.15) is 0 Å². The van der Waals surface area contributed by atoms with Gasteiger partial charge >= 0.3 is 0 Å². The number of hydrogen-bond donors (Lipinski definition) is 2. The van der Waals surface area contributed by atoms with E-state index >= 15 is 0 Å². The molecular weight excluding hydrogens is 343 g/mol. The van der Waals surface area contributed by atoms with E-state index in [0.717, 1.165) is 43.1 Å². The van der Waals surface area contributed by atoms with Gasteiger partial charge in [-0.15, -0.1) is 5.10 Å². The highest BCUT2D eigenvalue weighted by Crippen LogP contribution is 2.18. The van der Waals surface area contributed by atoms with E-state index in [1.807, 2.05) is 35.0 Å². The predicted molar refractivity (Wildman–Crippen MR) is 98.9 cm³/mol. The van der Waals surface area contributed by atoms with Crippen molar-refractivity contribution in [2.75, 3.05) is 33.2 Å². The molecule has 0 unspecified atom stereocenters. The molecule has 2 N–H and O–H groups in total. The number of nitrogens with one attached hydrogen (secondary N) is 2. The minimum atomic E-state index is -0.223. The van der Waals surface area contributed by atoms with Crippen molar-refractivity contribution in [1.29, 1.82) is 0 Å². The molecule has 2 aromatic carbocycles. The number of nitrogens with zero attached hydrogens (tertiary/aromatic N) is 4. The first kappa shape index (κ1) is 17.8. The largest absolute Gasteiger partial charge is 0.328 e. The van der Waals surface area contributed by atoms with Crippen LogP contribution in [0.3, 0.4) is 0 Å². The summed E-state index contributed by atoms with van der Waals surface area (Å²) in [5.41, 5.74) is 2.21. The van der Waals surface area contributed by atoms with E-state index in [1.165, 1.54) is 17.0 Å². The fourth-order valence-corrected chi connectivity index (χ4v) is 3.80. The molecule has 2 heterocycles. The van der Waals surface area contributed by atoms with E-state index in [4.69, 9.17) is 0 Å². The van der Waals surface area contributed by atoms with Crippen LogP contribution < -0.4 is 9.80 Å². The first-order chi connectivity index (χ1) is 13.2. The number of aromatic nitrogens is 4. The Morgan fingerprint density at radius 1 is 1.00 bits per heavy atom. The second kappa shape index (κ2) is 7.94. The van der Waals surface area contributed by atoms with Gasteiger partial charge in [0.15, 0.2) is 6.04 Å². The van der Waals surface area contributed by atoms with Gasteiger partial charge in [-0.1, -0.05) is 30.3 Å². The first-order valence-corrected chi connectivity index (χ1v) is 9.42. The Bertz CT molecular complexity index is 856. The number of rotatable bonds is 5. The molecule has 1 fully saturated rings. The van der Waals surface area contributed by atoms with Crippen LogP contribution in [0.1, 0.15) is 23.0 Å². The second-order valence-electron chi connectivity index (χ2n) is 7.28. The average Bonchev–Trinajstić information content (AvgIpc) is 3.13. The summed E-state index contributed by atoms with van der Waals surface area (Å²) in [6.07, 6.45) is 0. The molecule has 1 aliphatic heterocycles. The molecule has 1 aromatic heterocycles. The molecule has 7 heteroatoms. The highest BCUT2D eigenvalue weighted by Gasteiger charge is 2.34. The van der Waals surface area contributed by atoms with Crippen LogP contribution >= 0.6 is 0 Å². The van der Waals surface area contributed by atoms with E-state index in [9.17, 15) is 4.39 Å². The molecule has 1 atom stereocenters. The maximum Gasteiger partial charge on any atom is 0.214 e. The zero-order valence-corrected chi connectivity index (χ0v) is 15.5.